The molecule has 1 aromatic heterocycles. The molecule has 3 rings (SSSR count). The lowest BCUT2D eigenvalue weighted by atomic mass is 9.89. The number of nitrogens with one attached hydrogen (secondary N) is 2. The maximum atomic E-state index is 12.0. The molecule has 0 radical (unpaired) electrons. The van der Waals surface area contributed by atoms with E-state index in [1.165, 1.54) is 32.1 Å². The molecule has 4 nitrogen and oxygen atoms in total. The van der Waals surface area contributed by atoms with Gasteiger partial charge in [-0.25, -0.2) is 4.79 Å². The van der Waals surface area contributed by atoms with E-state index >= 15 is 0 Å². The topological polar surface area (TPSA) is 54.0 Å². The van der Waals surface area contributed by atoms with Crippen molar-refractivity contribution in [3.8, 4) is 0 Å². The maximum Gasteiger partial charge on any atom is 0.319 e. The molecular formula is C17H21N3O. The molecule has 1 heterocycles. The van der Waals surface area contributed by atoms with E-state index in [2.05, 4.69) is 15.6 Å². The summed E-state index contributed by atoms with van der Waals surface area (Å²) in [6, 6.07) is 9.56. The fourth-order valence-corrected chi connectivity index (χ4v) is 3.00. The molecule has 1 saturated carbocycles. The number of carbonyl (C=O) groups excluding carboxylic acids is 1. The Labute approximate surface area is 125 Å². The minimum Gasteiger partial charge on any atom is -0.338 e. The summed E-state index contributed by atoms with van der Waals surface area (Å²) in [5.41, 5.74) is 1.59. The van der Waals surface area contributed by atoms with E-state index in [1.54, 1.807) is 6.20 Å². The van der Waals surface area contributed by atoms with Crippen molar-refractivity contribution in [2.45, 2.75) is 32.1 Å². The Hall–Kier alpha value is -2.10. The Balaban J connectivity index is 1.61. The first-order valence-electron chi connectivity index (χ1n) is 7.71. The number of rotatable bonds is 3. The van der Waals surface area contributed by atoms with Crippen molar-refractivity contribution in [1.29, 1.82) is 0 Å². The van der Waals surface area contributed by atoms with Crippen LogP contribution in [0.1, 0.15) is 32.1 Å². The van der Waals surface area contributed by atoms with Crippen LogP contribution < -0.4 is 10.6 Å². The summed E-state index contributed by atoms with van der Waals surface area (Å²) in [4.78, 5) is 16.4. The Morgan fingerprint density at radius 2 is 1.95 bits per heavy atom. The first-order valence-corrected chi connectivity index (χ1v) is 7.71. The van der Waals surface area contributed by atoms with Crippen molar-refractivity contribution < 1.29 is 4.79 Å². The van der Waals surface area contributed by atoms with Gasteiger partial charge in [0.2, 0.25) is 0 Å². The lowest BCUT2D eigenvalue weighted by molar-refractivity contribution is 0.247. The molecule has 21 heavy (non-hydrogen) atoms. The van der Waals surface area contributed by atoms with Crippen LogP contribution in [-0.2, 0) is 0 Å². The number of carbonyl (C=O) groups is 1. The highest BCUT2D eigenvalue weighted by molar-refractivity contribution is 5.99. The van der Waals surface area contributed by atoms with Crippen molar-refractivity contribution in [3.63, 3.8) is 0 Å². The zero-order valence-electron chi connectivity index (χ0n) is 12.1. The average molecular weight is 283 g/mol. The number of amides is 2. The van der Waals surface area contributed by atoms with Crippen molar-refractivity contribution >= 4 is 22.6 Å². The maximum absolute atomic E-state index is 12.0. The summed E-state index contributed by atoms with van der Waals surface area (Å²) in [6.45, 7) is 0.768. The van der Waals surface area contributed by atoms with Gasteiger partial charge in [-0.3, -0.25) is 4.98 Å². The molecule has 0 bridgehead atoms. The number of anilines is 1. The summed E-state index contributed by atoms with van der Waals surface area (Å²) >= 11 is 0. The van der Waals surface area contributed by atoms with Crippen LogP contribution in [0.5, 0.6) is 0 Å². The van der Waals surface area contributed by atoms with E-state index < -0.39 is 0 Å². The third kappa shape index (κ3) is 3.51. The number of pyridine rings is 1. The van der Waals surface area contributed by atoms with Crippen molar-refractivity contribution in [3.05, 3.63) is 36.5 Å². The van der Waals surface area contributed by atoms with E-state index in [9.17, 15) is 4.79 Å². The van der Waals surface area contributed by atoms with Gasteiger partial charge in [0, 0.05) is 18.1 Å². The first kappa shape index (κ1) is 13.9. The van der Waals surface area contributed by atoms with Crippen molar-refractivity contribution in [2.24, 2.45) is 5.92 Å². The van der Waals surface area contributed by atoms with E-state index in [-0.39, 0.29) is 6.03 Å². The number of urea groups is 1. The summed E-state index contributed by atoms with van der Waals surface area (Å²) in [7, 11) is 0. The van der Waals surface area contributed by atoms with Crippen LogP contribution in [-0.4, -0.2) is 17.6 Å². The number of hydrogen-bond acceptors (Lipinski definition) is 2. The predicted octanol–water partition coefficient (Wildman–Crippen LogP) is 3.94. The minimum atomic E-state index is -0.140. The van der Waals surface area contributed by atoms with Crippen LogP contribution in [0.3, 0.4) is 0 Å². The van der Waals surface area contributed by atoms with Crippen LogP contribution in [0, 0.1) is 5.92 Å². The molecule has 1 aromatic carbocycles. The van der Waals surface area contributed by atoms with E-state index in [0.29, 0.717) is 5.92 Å². The van der Waals surface area contributed by atoms with Gasteiger partial charge >= 0.3 is 6.03 Å². The van der Waals surface area contributed by atoms with Crippen molar-refractivity contribution in [2.75, 3.05) is 11.9 Å². The van der Waals surface area contributed by atoms with Gasteiger partial charge in [0.1, 0.15) is 0 Å². The van der Waals surface area contributed by atoms with Crippen LogP contribution in [0.2, 0.25) is 0 Å². The summed E-state index contributed by atoms with van der Waals surface area (Å²) < 4.78 is 0. The second kappa shape index (κ2) is 6.57. The van der Waals surface area contributed by atoms with Gasteiger partial charge in [0.25, 0.3) is 0 Å². The Morgan fingerprint density at radius 1 is 1.14 bits per heavy atom. The molecule has 1 aliphatic carbocycles. The van der Waals surface area contributed by atoms with Gasteiger partial charge in [-0.2, -0.15) is 0 Å². The van der Waals surface area contributed by atoms with Crippen LogP contribution >= 0.6 is 0 Å². The number of benzene rings is 1. The second-order valence-corrected chi connectivity index (χ2v) is 5.72. The molecule has 0 saturated heterocycles. The largest absolute Gasteiger partial charge is 0.338 e. The van der Waals surface area contributed by atoms with Gasteiger partial charge in [-0.05, 0) is 30.9 Å². The van der Waals surface area contributed by atoms with Gasteiger partial charge in [0.15, 0.2) is 0 Å². The Morgan fingerprint density at radius 3 is 2.81 bits per heavy atom. The van der Waals surface area contributed by atoms with Crippen LogP contribution in [0.25, 0.3) is 10.9 Å². The Bertz CT molecular complexity index is 615. The molecule has 0 spiro atoms. The molecule has 0 atom stereocenters. The molecule has 1 aliphatic rings. The quantitative estimate of drug-likeness (QED) is 0.896. The summed E-state index contributed by atoms with van der Waals surface area (Å²) in [6.07, 6.45) is 8.13. The zero-order chi connectivity index (χ0) is 14.5. The van der Waals surface area contributed by atoms with Gasteiger partial charge in [0.05, 0.1) is 11.2 Å². The molecule has 2 N–H and O–H groups in total. The molecule has 110 valence electrons. The lowest BCUT2D eigenvalue weighted by Crippen LogP contribution is -2.33. The third-order valence-electron chi connectivity index (χ3n) is 4.16. The van der Waals surface area contributed by atoms with Gasteiger partial charge in [-0.1, -0.05) is 37.5 Å². The van der Waals surface area contributed by atoms with E-state index in [0.717, 1.165) is 23.1 Å². The molecule has 0 unspecified atom stereocenters. The Kier molecular flexibility index (Phi) is 4.34. The van der Waals surface area contributed by atoms with Gasteiger partial charge < -0.3 is 10.6 Å². The van der Waals surface area contributed by atoms with Crippen LogP contribution in [0.15, 0.2) is 36.5 Å². The molecule has 1 fully saturated rings. The highest BCUT2D eigenvalue weighted by Crippen LogP contribution is 2.23. The highest BCUT2D eigenvalue weighted by Gasteiger charge is 2.14. The number of para-hydroxylation sites is 1. The second-order valence-electron chi connectivity index (χ2n) is 5.72. The zero-order valence-corrected chi connectivity index (χ0v) is 12.1. The molecule has 4 heteroatoms. The fraction of sp³-hybridized carbons (Fsp3) is 0.412. The monoisotopic (exact) mass is 283 g/mol. The SMILES string of the molecule is O=C(NCC1CCCCC1)Nc1cccc2cccnc12. The minimum absolute atomic E-state index is 0.140. The average Bonchev–Trinajstić information content (AvgIpc) is 2.54. The van der Waals surface area contributed by atoms with Crippen molar-refractivity contribution in [1.82, 2.24) is 10.3 Å². The molecule has 2 aromatic rings. The first-order chi connectivity index (χ1) is 10.3. The smallest absolute Gasteiger partial charge is 0.319 e. The van der Waals surface area contributed by atoms with E-state index in [1.807, 2.05) is 30.3 Å². The number of nitrogens with zero attached hydrogens (tertiary/aromatic N) is 1. The number of hydrogen-bond donors (Lipinski definition) is 2. The lowest BCUT2D eigenvalue weighted by Gasteiger charge is -2.21. The normalized spacial score (nSPS) is 15.8. The molecule has 2 amide bonds. The predicted molar refractivity (Wildman–Crippen MR) is 85.3 cm³/mol. The van der Waals surface area contributed by atoms with E-state index in [4.69, 9.17) is 0 Å². The fourth-order valence-electron chi connectivity index (χ4n) is 3.00. The summed E-state index contributed by atoms with van der Waals surface area (Å²) in [5.74, 6) is 0.634. The third-order valence-corrected chi connectivity index (χ3v) is 4.16. The summed E-state index contributed by atoms with van der Waals surface area (Å²) in [5, 5.41) is 6.93. The molecular weight excluding hydrogens is 262 g/mol. The van der Waals surface area contributed by atoms with Gasteiger partial charge in [-0.15, -0.1) is 0 Å². The number of aromatic nitrogens is 1. The standard InChI is InChI=1S/C17H21N3O/c21-17(19-12-13-6-2-1-3-7-13)20-15-10-4-8-14-9-5-11-18-16(14)15/h4-5,8-11,13H,1-3,6-7,12H2,(H2,19,20,21). The number of fused-ring (bicyclic) bond motifs is 1. The molecule has 0 aliphatic heterocycles. The highest BCUT2D eigenvalue weighted by atomic mass is 16.2. The van der Waals surface area contributed by atoms with Crippen LogP contribution in [0.4, 0.5) is 10.5 Å².